The van der Waals surface area contributed by atoms with E-state index in [4.69, 9.17) is 14.7 Å². The first-order valence-corrected chi connectivity index (χ1v) is 5.88. The molecule has 1 fully saturated rings. The summed E-state index contributed by atoms with van der Waals surface area (Å²) >= 11 is 0. The molecule has 0 unspecified atom stereocenters. The summed E-state index contributed by atoms with van der Waals surface area (Å²) in [6, 6.07) is 1.68. The monoisotopic (exact) mass is 279 g/mol. The highest BCUT2D eigenvalue weighted by Crippen LogP contribution is 2.27. The molecule has 0 bridgehead atoms. The van der Waals surface area contributed by atoms with E-state index >= 15 is 0 Å². The van der Waals surface area contributed by atoms with Crippen LogP contribution in [0, 0.1) is 11.3 Å². The second kappa shape index (κ2) is 5.73. The number of nitrogens with zero attached hydrogens (tertiary/aromatic N) is 2. The van der Waals surface area contributed by atoms with E-state index in [1.54, 1.807) is 6.07 Å². The van der Waals surface area contributed by atoms with Gasteiger partial charge in [0.15, 0.2) is 0 Å². The van der Waals surface area contributed by atoms with Crippen molar-refractivity contribution in [2.24, 2.45) is 0 Å². The molecule has 106 valence electrons. The van der Waals surface area contributed by atoms with Crippen molar-refractivity contribution >= 4 is 0 Å². The SMILES string of the molecule is C=COC[C@H]1O[C@@H](n2cc(C#N)c(=O)[nH]c2=O)C[C@@H]1O. The first-order chi connectivity index (χ1) is 9.56. The van der Waals surface area contributed by atoms with Crippen molar-refractivity contribution in [2.75, 3.05) is 6.61 Å². The van der Waals surface area contributed by atoms with Crippen molar-refractivity contribution in [1.29, 1.82) is 5.26 Å². The number of nitrogens with one attached hydrogen (secondary N) is 1. The number of aromatic nitrogens is 2. The lowest BCUT2D eigenvalue weighted by molar-refractivity contribution is -0.0484. The van der Waals surface area contributed by atoms with Gasteiger partial charge in [0.2, 0.25) is 0 Å². The molecule has 1 saturated heterocycles. The highest BCUT2D eigenvalue weighted by Gasteiger charge is 2.35. The zero-order valence-corrected chi connectivity index (χ0v) is 10.5. The molecular formula is C12H13N3O5. The molecule has 2 heterocycles. The molecule has 1 aliphatic heterocycles. The lowest BCUT2D eigenvalue weighted by Gasteiger charge is -2.15. The van der Waals surface area contributed by atoms with Gasteiger partial charge in [-0.25, -0.2) is 4.79 Å². The van der Waals surface area contributed by atoms with Crippen LogP contribution in [-0.2, 0) is 9.47 Å². The van der Waals surface area contributed by atoms with Crippen molar-refractivity contribution in [2.45, 2.75) is 24.9 Å². The van der Waals surface area contributed by atoms with Crippen molar-refractivity contribution in [3.63, 3.8) is 0 Å². The number of aliphatic hydroxyl groups excluding tert-OH is 1. The Bertz CT molecular complexity index is 656. The minimum absolute atomic E-state index is 0.102. The molecule has 1 aliphatic rings. The second-order valence-electron chi connectivity index (χ2n) is 4.25. The maximum atomic E-state index is 11.7. The first-order valence-electron chi connectivity index (χ1n) is 5.88. The smallest absolute Gasteiger partial charge is 0.330 e. The Morgan fingerprint density at radius 1 is 1.70 bits per heavy atom. The van der Waals surface area contributed by atoms with Gasteiger partial charge in [0.05, 0.1) is 12.4 Å². The predicted octanol–water partition coefficient (Wildman–Crippen LogP) is -0.783. The van der Waals surface area contributed by atoms with Crippen molar-refractivity contribution in [3.8, 4) is 6.07 Å². The number of hydrogen-bond acceptors (Lipinski definition) is 6. The van der Waals surface area contributed by atoms with E-state index in [-0.39, 0.29) is 18.6 Å². The summed E-state index contributed by atoms with van der Waals surface area (Å²) in [5, 5.41) is 18.6. The Labute approximate surface area is 113 Å². The number of ether oxygens (including phenoxy) is 2. The molecule has 20 heavy (non-hydrogen) atoms. The summed E-state index contributed by atoms with van der Waals surface area (Å²) in [6.45, 7) is 3.48. The number of aliphatic hydroxyl groups is 1. The molecule has 1 aromatic heterocycles. The number of rotatable bonds is 4. The second-order valence-corrected chi connectivity index (χ2v) is 4.25. The first kappa shape index (κ1) is 14.0. The lowest BCUT2D eigenvalue weighted by Crippen LogP contribution is -2.33. The largest absolute Gasteiger partial charge is 0.499 e. The van der Waals surface area contributed by atoms with Gasteiger partial charge >= 0.3 is 5.69 Å². The van der Waals surface area contributed by atoms with Gasteiger partial charge in [-0.05, 0) is 0 Å². The van der Waals surface area contributed by atoms with Gasteiger partial charge in [-0.2, -0.15) is 5.26 Å². The zero-order chi connectivity index (χ0) is 14.7. The Morgan fingerprint density at radius 3 is 3.10 bits per heavy atom. The summed E-state index contributed by atoms with van der Waals surface area (Å²) in [7, 11) is 0. The van der Waals surface area contributed by atoms with Gasteiger partial charge in [0.1, 0.15) is 30.6 Å². The maximum Gasteiger partial charge on any atom is 0.330 e. The summed E-state index contributed by atoms with van der Waals surface area (Å²) in [5.41, 5.74) is -1.65. The minimum atomic E-state index is -0.815. The fourth-order valence-corrected chi connectivity index (χ4v) is 1.98. The van der Waals surface area contributed by atoms with Gasteiger partial charge in [0.25, 0.3) is 5.56 Å². The number of nitriles is 1. The van der Waals surface area contributed by atoms with Gasteiger partial charge in [-0.3, -0.25) is 14.3 Å². The standard InChI is InChI=1S/C12H13N3O5/c1-2-19-6-9-8(16)3-10(20-9)15-5-7(4-13)11(17)14-12(15)18/h2,5,8-10,16H,1,3,6H2,(H,14,17,18)/t8-,9+,10+/m0/s1. The van der Waals surface area contributed by atoms with Gasteiger partial charge < -0.3 is 14.6 Å². The summed E-state index contributed by atoms with van der Waals surface area (Å²) < 4.78 is 11.5. The van der Waals surface area contributed by atoms with Crippen LogP contribution < -0.4 is 11.2 Å². The van der Waals surface area contributed by atoms with Crippen LogP contribution in [0.4, 0.5) is 0 Å². The van der Waals surface area contributed by atoms with E-state index in [9.17, 15) is 14.7 Å². The molecule has 1 aromatic rings. The normalized spacial score (nSPS) is 25.1. The molecule has 0 saturated carbocycles. The Balaban J connectivity index is 2.26. The van der Waals surface area contributed by atoms with Crippen LogP contribution in [0.25, 0.3) is 0 Å². The molecule has 2 rings (SSSR count). The summed E-state index contributed by atoms with van der Waals surface area (Å²) in [4.78, 5) is 25.0. The highest BCUT2D eigenvalue weighted by atomic mass is 16.6. The van der Waals surface area contributed by atoms with Crippen LogP contribution in [0.5, 0.6) is 0 Å². The van der Waals surface area contributed by atoms with Crippen LogP contribution >= 0.6 is 0 Å². The quantitative estimate of drug-likeness (QED) is 0.698. The number of aromatic amines is 1. The van der Waals surface area contributed by atoms with Gasteiger partial charge in [-0.1, -0.05) is 6.58 Å². The van der Waals surface area contributed by atoms with E-state index in [0.717, 1.165) is 10.8 Å². The van der Waals surface area contributed by atoms with Crippen LogP contribution in [0.1, 0.15) is 18.2 Å². The number of hydrogen-bond donors (Lipinski definition) is 2. The fraction of sp³-hybridized carbons (Fsp3) is 0.417. The predicted molar refractivity (Wildman–Crippen MR) is 66.7 cm³/mol. The molecular weight excluding hydrogens is 266 g/mol. The van der Waals surface area contributed by atoms with Crippen molar-refractivity contribution in [3.05, 3.63) is 45.4 Å². The third-order valence-corrected chi connectivity index (χ3v) is 2.98. The van der Waals surface area contributed by atoms with E-state index in [1.165, 1.54) is 6.26 Å². The third-order valence-electron chi connectivity index (χ3n) is 2.98. The lowest BCUT2D eigenvalue weighted by atomic mass is 10.2. The average molecular weight is 279 g/mol. The molecule has 0 amide bonds. The van der Waals surface area contributed by atoms with Crippen LogP contribution in [0.15, 0.2) is 28.6 Å². The average Bonchev–Trinajstić information content (AvgIpc) is 2.77. The van der Waals surface area contributed by atoms with E-state index in [2.05, 4.69) is 6.58 Å². The number of H-pyrrole nitrogens is 1. The topological polar surface area (TPSA) is 117 Å². The molecule has 0 radical (unpaired) electrons. The van der Waals surface area contributed by atoms with Crippen LogP contribution in [-0.4, -0.2) is 33.5 Å². The van der Waals surface area contributed by atoms with Crippen LogP contribution in [0.3, 0.4) is 0 Å². The summed E-state index contributed by atoms with van der Waals surface area (Å²) in [5.74, 6) is 0. The van der Waals surface area contributed by atoms with Gasteiger partial charge in [-0.15, -0.1) is 0 Å². The van der Waals surface area contributed by atoms with E-state index < -0.39 is 29.7 Å². The summed E-state index contributed by atoms with van der Waals surface area (Å²) in [6.07, 6.45) is 0.312. The van der Waals surface area contributed by atoms with Gasteiger partial charge in [0, 0.05) is 12.6 Å². The van der Waals surface area contributed by atoms with E-state index in [0.29, 0.717) is 0 Å². The highest BCUT2D eigenvalue weighted by molar-refractivity contribution is 5.21. The Hall–Kier alpha value is -2.37. The fourth-order valence-electron chi connectivity index (χ4n) is 1.98. The maximum absolute atomic E-state index is 11.7. The van der Waals surface area contributed by atoms with E-state index in [1.807, 2.05) is 4.98 Å². The zero-order valence-electron chi connectivity index (χ0n) is 10.5. The molecule has 3 atom stereocenters. The molecule has 2 N–H and O–H groups in total. The molecule has 0 aromatic carbocycles. The molecule has 0 spiro atoms. The third kappa shape index (κ3) is 2.64. The molecule has 8 heteroatoms. The van der Waals surface area contributed by atoms with Crippen molar-refractivity contribution in [1.82, 2.24) is 9.55 Å². The Morgan fingerprint density at radius 2 is 2.45 bits per heavy atom. The van der Waals surface area contributed by atoms with Crippen LogP contribution in [0.2, 0.25) is 0 Å². The minimum Gasteiger partial charge on any atom is -0.499 e. The Kier molecular flexibility index (Phi) is 4.02. The molecule has 0 aliphatic carbocycles. The molecule has 8 nitrogen and oxygen atoms in total. The van der Waals surface area contributed by atoms with Crippen molar-refractivity contribution < 1.29 is 14.6 Å².